The zero-order valence-corrected chi connectivity index (χ0v) is 13.3. The van der Waals surface area contributed by atoms with Gasteiger partial charge in [0.15, 0.2) is 0 Å². The van der Waals surface area contributed by atoms with Crippen LogP contribution in [0.2, 0.25) is 0 Å². The Hall–Kier alpha value is -2.15. The number of amides is 2. The molecule has 3 rings (SSSR count). The van der Waals surface area contributed by atoms with Gasteiger partial charge in [0.2, 0.25) is 0 Å². The van der Waals surface area contributed by atoms with Gasteiger partial charge in [-0.15, -0.1) is 0 Å². The molecule has 0 saturated carbocycles. The number of nitrogens with one attached hydrogen (secondary N) is 2. The molecule has 0 bridgehead atoms. The first-order valence-electron chi connectivity index (χ1n) is 7.99. The smallest absolute Gasteiger partial charge is 0.409 e. The Kier molecular flexibility index (Phi) is 4.76. The van der Waals surface area contributed by atoms with Gasteiger partial charge < -0.3 is 20.3 Å². The predicted octanol–water partition coefficient (Wildman–Crippen LogP) is 0.688. The minimum atomic E-state index is -0.347. The monoisotopic (exact) mass is 318 g/mol. The summed E-state index contributed by atoms with van der Waals surface area (Å²) in [5.41, 5.74) is 2.54. The summed E-state index contributed by atoms with van der Waals surface area (Å²) in [6, 6.07) is 0.217. The normalized spacial score (nSPS) is 18.2. The molecule has 1 aromatic rings. The van der Waals surface area contributed by atoms with E-state index >= 15 is 0 Å². The average molecular weight is 318 g/mol. The summed E-state index contributed by atoms with van der Waals surface area (Å²) in [6.45, 7) is 2.86. The number of rotatable bonds is 2. The van der Waals surface area contributed by atoms with Gasteiger partial charge in [-0.2, -0.15) is 0 Å². The second-order valence-electron chi connectivity index (χ2n) is 5.96. The minimum Gasteiger partial charge on any atom is -0.453 e. The van der Waals surface area contributed by atoms with Crippen molar-refractivity contribution in [1.29, 1.82) is 0 Å². The van der Waals surface area contributed by atoms with Crippen molar-refractivity contribution in [2.24, 2.45) is 0 Å². The lowest BCUT2D eigenvalue weighted by Crippen LogP contribution is -2.43. The number of pyridine rings is 1. The first-order valence-corrected chi connectivity index (χ1v) is 7.99. The average Bonchev–Trinajstić information content (AvgIpc) is 2.60. The molecule has 0 aromatic carbocycles. The van der Waals surface area contributed by atoms with Crippen LogP contribution in [0, 0.1) is 0 Å². The first-order chi connectivity index (χ1) is 11.2. The molecule has 23 heavy (non-hydrogen) atoms. The lowest BCUT2D eigenvalue weighted by Gasteiger charge is -2.29. The molecule has 0 aliphatic carbocycles. The van der Waals surface area contributed by atoms with Crippen molar-refractivity contribution < 1.29 is 14.3 Å². The van der Waals surface area contributed by atoms with Crippen LogP contribution in [0.15, 0.2) is 12.4 Å². The molecule has 0 radical (unpaired) electrons. The highest BCUT2D eigenvalue weighted by Crippen LogP contribution is 2.22. The lowest BCUT2D eigenvalue weighted by molar-refractivity contribution is 0.0927. The van der Waals surface area contributed by atoms with Crippen LogP contribution in [0.1, 0.15) is 34.3 Å². The Balaban J connectivity index is 1.74. The Labute approximate surface area is 135 Å². The van der Waals surface area contributed by atoms with Crippen molar-refractivity contribution in [3.05, 3.63) is 29.1 Å². The van der Waals surface area contributed by atoms with Gasteiger partial charge in [0.05, 0.1) is 19.2 Å². The third-order valence-electron chi connectivity index (χ3n) is 4.49. The molecule has 1 fully saturated rings. The maximum atomic E-state index is 12.6. The molecule has 124 valence electrons. The van der Waals surface area contributed by atoms with E-state index in [-0.39, 0.29) is 18.0 Å². The van der Waals surface area contributed by atoms with Crippen molar-refractivity contribution in [2.75, 3.05) is 26.7 Å². The maximum absolute atomic E-state index is 12.6. The van der Waals surface area contributed by atoms with Crippen LogP contribution in [0.4, 0.5) is 4.79 Å². The Morgan fingerprint density at radius 3 is 2.87 bits per heavy atom. The van der Waals surface area contributed by atoms with E-state index in [4.69, 9.17) is 4.74 Å². The summed E-state index contributed by atoms with van der Waals surface area (Å²) in [7, 11) is 1.37. The lowest BCUT2D eigenvalue weighted by atomic mass is 9.96. The highest BCUT2D eigenvalue weighted by Gasteiger charge is 2.26. The number of hydrogen-bond acceptors (Lipinski definition) is 5. The largest absolute Gasteiger partial charge is 0.453 e. The topological polar surface area (TPSA) is 83.6 Å². The van der Waals surface area contributed by atoms with E-state index in [1.165, 1.54) is 7.11 Å². The van der Waals surface area contributed by atoms with E-state index in [2.05, 4.69) is 15.6 Å². The number of hydrogen-bond donors (Lipinski definition) is 2. The van der Waals surface area contributed by atoms with Gasteiger partial charge in [-0.3, -0.25) is 9.78 Å². The van der Waals surface area contributed by atoms with Crippen molar-refractivity contribution in [3.8, 4) is 0 Å². The molecule has 2 aliphatic rings. The second-order valence-corrected chi connectivity index (χ2v) is 5.96. The molecule has 7 heteroatoms. The Morgan fingerprint density at radius 2 is 2.13 bits per heavy atom. The van der Waals surface area contributed by atoms with Crippen molar-refractivity contribution >= 4 is 12.0 Å². The molecule has 2 aliphatic heterocycles. The first kappa shape index (κ1) is 15.7. The van der Waals surface area contributed by atoms with Crippen molar-refractivity contribution in [1.82, 2.24) is 20.5 Å². The second kappa shape index (κ2) is 6.95. The molecular weight excluding hydrogens is 296 g/mol. The molecule has 3 heterocycles. The standard InChI is InChI=1S/C16H22N4O3/c1-23-16(22)20-7-4-13-11(10-20)8-18-9-14(13)15(21)19-12-2-5-17-6-3-12/h8-9,12,17H,2-7,10H2,1H3,(H,19,21). The number of carbonyl (C=O) groups excluding carboxylic acids is 2. The fourth-order valence-corrected chi connectivity index (χ4v) is 3.20. The Morgan fingerprint density at radius 1 is 1.35 bits per heavy atom. The van der Waals surface area contributed by atoms with Gasteiger partial charge in [-0.05, 0) is 43.5 Å². The number of methoxy groups -OCH3 is 1. The van der Waals surface area contributed by atoms with Crippen LogP contribution >= 0.6 is 0 Å². The molecule has 7 nitrogen and oxygen atoms in total. The van der Waals surface area contributed by atoms with Crippen molar-refractivity contribution in [2.45, 2.75) is 31.8 Å². The minimum absolute atomic E-state index is 0.0623. The predicted molar refractivity (Wildman–Crippen MR) is 84.1 cm³/mol. The van der Waals surface area contributed by atoms with Crippen LogP contribution in [-0.4, -0.2) is 54.7 Å². The quantitative estimate of drug-likeness (QED) is 0.838. The van der Waals surface area contributed by atoms with E-state index in [1.54, 1.807) is 17.3 Å². The van der Waals surface area contributed by atoms with Crippen LogP contribution in [0.5, 0.6) is 0 Å². The molecular formula is C16H22N4O3. The van der Waals surface area contributed by atoms with Crippen molar-refractivity contribution in [3.63, 3.8) is 0 Å². The van der Waals surface area contributed by atoms with Crippen LogP contribution in [0.3, 0.4) is 0 Å². The fraction of sp³-hybridized carbons (Fsp3) is 0.562. The molecule has 2 amide bonds. The molecule has 0 unspecified atom stereocenters. The van der Waals surface area contributed by atoms with Crippen LogP contribution in [0.25, 0.3) is 0 Å². The molecule has 0 atom stereocenters. The van der Waals surface area contributed by atoms with Crippen LogP contribution in [-0.2, 0) is 17.7 Å². The Bertz CT molecular complexity index is 599. The molecule has 1 saturated heterocycles. The molecule has 1 aromatic heterocycles. The zero-order valence-electron chi connectivity index (χ0n) is 13.3. The number of ether oxygens (including phenoxy) is 1. The number of aromatic nitrogens is 1. The van der Waals surface area contributed by atoms with E-state index in [0.29, 0.717) is 25.1 Å². The number of carbonyl (C=O) groups is 2. The SMILES string of the molecule is COC(=O)N1CCc2c(cncc2C(=O)NC2CCNCC2)C1. The van der Waals surface area contributed by atoms with Gasteiger partial charge in [0, 0.05) is 25.0 Å². The number of fused-ring (bicyclic) bond motifs is 1. The summed E-state index contributed by atoms with van der Waals surface area (Å²) in [5, 5.41) is 6.39. The summed E-state index contributed by atoms with van der Waals surface area (Å²) < 4.78 is 4.76. The number of nitrogens with zero attached hydrogens (tertiary/aromatic N) is 2. The van der Waals surface area contributed by atoms with Gasteiger partial charge in [0.25, 0.3) is 5.91 Å². The van der Waals surface area contributed by atoms with E-state index in [9.17, 15) is 9.59 Å². The highest BCUT2D eigenvalue weighted by atomic mass is 16.5. The summed E-state index contributed by atoms with van der Waals surface area (Å²) >= 11 is 0. The highest BCUT2D eigenvalue weighted by molar-refractivity contribution is 5.96. The third kappa shape index (κ3) is 3.44. The summed E-state index contributed by atoms with van der Waals surface area (Å²) in [4.78, 5) is 30.0. The van der Waals surface area contributed by atoms with E-state index in [1.807, 2.05) is 0 Å². The maximum Gasteiger partial charge on any atom is 0.409 e. The van der Waals surface area contributed by atoms with Gasteiger partial charge in [-0.1, -0.05) is 0 Å². The van der Waals surface area contributed by atoms with E-state index < -0.39 is 0 Å². The zero-order chi connectivity index (χ0) is 16.2. The van der Waals surface area contributed by atoms with E-state index in [0.717, 1.165) is 37.1 Å². The number of piperidine rings is 1. The van der Waals surface area contributed by atoms with Gasteiger partial charge in [-0.25, -0.2) is 4.79 Å². The van der Waals surface area contributed by atoms with Crippen LogP contribution < -0.4 is 10.6 Å². The third-order valence-corrected chi connectivity index (χ3v) is 4.49. The fourth-order valence-electron chi connectivity index (χ4n) is 3.20. The summed E-state index contributed by atoms with van der Waals surface area (Å²) in [6.07, 6.45) is 5.55. The molecule has 0 spiro atoms. The summed E-state index contributed by atoms with van der Waals surface area (Å²) in [5.74, 6) is -0.0623. The molecule has 2 N–H and O–H groups in total. The van der Waals surface area contributed by atoms with Gasteiger partial charge >= 0.3 is 6.09 Å². The van der Waals surface area contributed by atoms with Gasteiger partial charge in [0.1, 0.15) is 0 Å².